The van der Waals surface area contributed by atoms with Gasteiger partial charge in [-0.1, -0.05) is 30.3 Å². The molecule has 1 N–H and O–H groups in total. The molecule has 1 amide bonds. The van der Waals surface area contributed by atoms with Crippen LogP contribution < -0.4 is 5.32 Å². The van der Waals surface area contributed by atoms with Gasteiger partial charge in [0.1, 0.15) is 0 Å². The molecule has 3 aromatic rings. The molecule has 2 aromatic heterocycles. The fraction of sp³-hybridized carbons (Fsp3) is 0.316. The molecule has 1 aliphatic heterocycles. The third-order valence-corrected chi connectivity index (χ3v) is 5.43. The topological polar surface area (TPSA) is 63.1 Å². The first-order valence-corrected chi connectivity index (χ1v) is 9.60. The maximum absolute atomic E-state index is 12.1. The van der Waals surface area contributed by atoms with Gasteiger partial charge in [0, 0.05) is 56.3 Å². The fourth-order valence-electron chi connectivity index (χ4n) is 3.11. The molecule has 0 radical (unpaired) electrons. The predicted octanol–water partition coefficient (Wildman–Crippen LogP) is 2.93. The minimum Gasteiger partial charge on any atom is -0.302 e. The van der Waals surface area contributed by atoms with E-state index in [9.17, 15) is 4.79 Å². The normalized spacial score (nSPS) is 14.2. The average Bonchev–Trinajstić information content (AvgIpc) is 3.29. The number of rotatable bonds is 6. The molecule has 0 fully saturated rings. The molecule has 1 aromatic carbocycles. The number of hydrogen-bond acceptors (Lipinski definition) is 5. The van der Waals surface area contributed by atoms with Crippen molar-refractivity contribution in [1.82, 2.24) is 19.7 Å². The van der Waals surface area contributed by atoms with E-state index in [0.717, 1.165) is 31.7 Å². The van der Waals surface area contributed by atoms with Gasteiger partial charge in [0.05, 0.1) is 5.69 Å². The van der Waals surface area contributed by atoms with Crippen LogP contribution in [-0.2, 0) is 30.8 Å². The van der Waals surface area contributed by atoms with E-state index in [0.29, 0.717) is 18.1 Å². The van der Waals surface area contributed by atoms with Gasteiger partial charge in [0.25, 0.3) is 0 Å². The van der Waals surface area contributed by atoms with Crippen molar-refractivity contribution < 1.29 is 4.79 Å². The Morgan fingerprint density at radius 1 is 1.23 bits per heavy atom. The molecule has 134 valence electrons. The lowest BCUT2D eigenvalue weighted by Gasteiger charge is -2.25. The van der Waals surface area contributed by atoms with Gasteiger partial charge in [0.2, 0.25) is 5.91 Å². The molecule has 1 aliphatic rings. The van der Waals surface area contributed by atoms with Crippen molar-refractivity contribution >= 4 is 22.4 Å². The van der Waals surface area contributed by atoms with Gasteiger partial charge in [-0.15, -0.1) is 11.3 Å². The highest BCUT2D eigenvalue weighted by molar-refractivity contribution is 7.15. The minimum absolute atomic E-state index is 0.0206. The van der Waals surface area contributed by atoms with Crippen molar-refractivity contribution in [2.75, 3.05) is 11.9 Å². The van der Waals surface area contributed by atoms with Crippen LogP contribution in [0.3, 0.4) is 0 Å². The zero-order valence-electron chi connectivity index (χ0n) is 14.5. The Bertz CT molecular complexity index is 859. The van der Waals surface area contributed by atoms with Gasteiger partial charge in [-0.3, -0.25) is 14.4 Å². The Morgan fingerprint density at radius 2 is 2.12 bits per heavy atom. The van der Waals surface area contributed by atoms with E-state index in [-0.39, 0.29) is 5.91 Å². The second-order valence-electron chi connectivity index (χ2n) is 6.40. The van der Waals surface area contributed by atoms with Crippen LogP contribution in [0.5, 0.6) is 0 Å². The Labute approximate surface area is 156 Å². The SMILES string of the molecule is O=C(CCn1cccn1)Nc1nc2c(s1)CN(Cc1ccccc1)CC2. The molecule has 0 atom stereocenters. The maximum Gasteiger partial charge on any atom is 0.228 e. The van der Waals surface area contributed by atoms with Crippen LogP contribution in [0.2, 0.25) is 0 Å². The maximum atomic E-state index is 12.1. The van der Waals surface area contributed by atoms with E-state index < -0.39 is 0 Å². The first-order chi connectivity index (χ1) is 12.8. The zero-order chi connectivity index (χ0) is 17.8. The Morgan fingerprint density at radius 3 is 2.92 bits per heavy atom. The number of nitrogens with zero attached hydrogens (tertiary/aromatic N) is 4. The number of anilines is 1. The van der Waals surface area contributed by atoms with Crippen molar-refractivity contribution in [2.24, 2.45) is 0 Å². The number of carbonyl (C=O) groups is 1. The quantitative estimate of drug-likeness (QED) is 0.728. The average molecular weight is 367 g/mol. The largest absolute Gasteiger partial charge is 0.302 e. The van der Waals surface area contributed by atoms with Crippen LogP contribution in [0, 0.1) is 0 Å². The third kappa shape index (κ3) is 4.17. The molecule has 0 bridgehead atoms. The summed E-state index contributed by atoms with van der Waals surface area (Å²) in [7, 11) is 0. The third-order valence-electron chi connectivity index (χ3n) is 4.43. The predicted molar refractivity (Wildman–Crippen MR) is 102 cm³/mol. The number of fused-ring (bicyclic) bond motifs is 1. The first-order valence-electron chi connectivity index (χ1n) is 8.78. The number of carbonyl (C=O) groups excluding carboxylic acids is 1. The number of nitrogens with one attached hydrogen (secondary N) is 1. The summed E-state index contributed by atoms with van der Waals surface area (Å²) in [5, 5.41) is 7.75. The van der Waals surface area contributed by atoms with E-state index in [2.05, 4.69) is 44.6 Å². The Balaban J connectivity index is 1.33. The molecule has 6 nitrogen and oxygen atoms in total. The zero-order valence-corrected chi connectivity index (χ0v) is 15.3. The lowest BCUT2D eigenvalue weighted by atomic mass is 10.1. The molecule has 0 unspecified atom stereocenters. The highest BCUT2D eigenvalue weighted by Gasteiger charge is 2.21. The summed E-state index contributed by atoms with van der Waals surface area (Å²) >= 11 is 1.59. The number of aromatic nitrogens is 3. The summed E-state index contributed by atoms with van der Waals surface area (Å²) in [4.78, 5) is 20.4. The van der Waals surface area contributed by atoms with Gasteiger partial charge >= 0.3 is 0 Å². The van der Waals surface area contributed by atoms with E-state index in [1.807, 2.05) is 18.3 Å². The molecule has 0 aliphatic carbocycles. The molecule has 0 saturated heterocycles. The number of hydrogen-bond donors (Lipinski definition) is 1. The van der Waals surface area contributed by atoms with Crippen molar-refractivity contribution in [3.8, 4) is 0 Å². The summed E-state index contributed by atoms with van der Waals surface area (Å²) in [6.07, 6.45) is 4.90. The minimum atomic E-state index is -0.0206. The van der Waals surface area contributed by atoms with Gasteiger partial charge < -0.3 is 5.32 Å². The summed E-state index contributed by atoms with van der Waals surface area (Å²) in [6, 6.07) is 12.4. The molecule has 0 spiro atoms. The van der Waals surface area contributed by atoms with Crippen molar-refractivity contribution in [3.05, 3.63) is 64.9 Å². The second kappa shape index (κ2) is 7.80. The van der Waals surface area contributed by atoms with Gasteiger partial charge in [0.15, 0.2) is 5.13 Å². The lowest BCUT2D eigenvalue weighted by Crippen LogP contribution is -2.29. The van der Waals surface area contributed by atoms with E-state index in [1.165, 1.54) is 10.4 Å². The molecule has 3 heterocycles. The van der Waals surface area contributed by atoms with Gasteiger partial charge in [-0.05, 0) is 11.6 Å². The molecular formula is C19H21N5OS. The Kier molecular flexibility index (Phi) is 5.08. The summed E-state index contributed by atoms with van der Waals surface area (Å²) in [5.74, 6) is -0.0206. The number of amides is 1. The summed E-state index contributed by atoms with van der Waals surface area (Å²) in [6.45, 7) is 3.42. The fourth-order valence-corrected chi connectivity index (χ4v) is 4.18. The number of benzene rings is 1. The summed E-state index contributed by atoms with van der Waals surface area (Å²) < 4.78 is 1.76. The van der Waals surface area contributed by atoms with Crippen LogP contribution >= 0.6 is 11.3 Å². The molecule has 7 heteroatoms. The molecule has 26 heavy (non-hydrogen) atoms. The Hall–Kier alpha value is -2.51. The van der Waals surface area contributed by atoms with Gasteiger partial charge in [-0.25, -0.2) is 4.98 Å². The molecule has 4 rings (SSSR count). The molecular weight excluding hydrogens is 346 g/mol. The second-order valence-corrected chi connectivity index (χ2v) is 7.49. The van der Waals surface area contributed by atoms with E-state index in [4.69, 9.17) is 0 Å². The highest BCUT2D eigenvalue weighted by atomic mass is 32.1. The molecule has 0 saturated carbocycles. The standard InChI is InChI=1S/C19H21N5OS/c25-18(8-12-24-10-4-9-20-24)22-19-21-16-7-11-23(14-17(16)26-19)13-15-5-2-1-3-6-15/h1-6,9-10H,7-8,11-14H2,(H,21,22,25). The van der Waals surface area contributed by atoms with E-state index in [1.54, 1.807) is 22.2 Å². The van der Waals surface area contributed by atoms with Gasteiger partial charge in [-0.2, -0.15) is 5.10 Å². The van der Waals surface area contributed by atoms with Crippen LogP contribution in [0.4, 0.5) is 5.13 Å². The monoisotopic (exact) mass is 367 g/mol. The smallest absolute Gasteiger partial charge is 0.228 e. The number of thiazole rings is 1. The first kappa shape index (κ1) is 16.9. The van der Waals surface area contributed by atoms with E-state index >= 15 is 0 Å². The summed E-state index contributed by atoms with van der Waals surface area (Å²) in [5.41, 5.74) is 2.45. The highest BCUT2D eigenvalue weighted by Crippen LogP contribution is 2.29. The van der Waals surface area contributed by atoms with Crippen LogP contribution in [-0.4, -0.2) is 32.1 Å². The number of aryl methyl sites for hydroxylation is 1. The van der Waals surface area contributed by atoms with Crippen LogP contribution in [0.15, 0.2) is 48.8 Å². The van der Waals surface area contributed by atoms with Crippen LogP contribution in [0.1, 0.15) is 22.6 Å². The van der Waals surface area contributed by atoms with Crippen LogP contribution in [0.25, 0.3) is 0 Å². The van der Waals surface area contributed by atoms with Crippen molar-refractivity contribution in [2.45, 2.75) is 32.5 Å². The van der Waals surface area contributed by atoms with Crippen molar-refractivity contribution in [1.29, 1.82) is 0 Å². The van der Waals surface area contributed by atoms with Crippen molar-refractivity contribution in [3.63, 3.8) is 0 Å². The lowest BCUT2D eigenvalue weighted by molar-refractivity contribution is -0.116.